The van der Waals surface area contributed by atoms with Crippen molar-refractivity contribution in [3.05, 3.63) is 111 Å². The molecule has 0 saturated carbocycles. The Labute approximate surface area is 301 Å². The molecule has 1 aromatic heterocycles. The Bertz CT molecular complexity index is 2170. The van der Waals surface area contributed by atoms with E-state index in [2.05, 4.69) is 5.32 Å². The summed E-state index contributed by atoms with van der Waals surface area (Å²) in [4.78, 5) is 62.4. The molecule has 1 unspecified atom stereocenters. The Morgan fingerprint density at radius 2 is 1.73 bits per heavy atom. The van der Waals surface area contributed by atoms with Gasteiger partial charge in [-0.1, -0.05) is 41.9 Å². The molecule has 51 heavy (non-hydrogen) atoms. The van der Waals surface area contributed by atoms with Crippen LogP contribution in [0.3, 0.4) is 0 Å². The summed E-state index contributed by atoms with van der Waals surface area (Å²) in [7, 11) is 2.96. The Balaban J connectivity index is 1.30. The molecule has 1 N–H and O–H groups in total. The number of carbonyl (C=O) groups is 4. The van der Waals surface area contributed by atoms with Gasteiger partial charge in [0, 0.05) is 27.7 Å². The molecule has 0 fully saturated rings. The number of methoxy groups -OCH3 is 2. The predicted molar refractivity (Wildman–Crippen MR) is 190 cm³/mol. The van der Waals surface area contributed by atoms with Gasteiger partial charge >= 0.3 is 0 Å². The van der Waals surface area contributed by atoms with Crippen LogP contribution in [0.25, 0.3) is 11.3 Å². The number of carbonyl (C=O) groups excluding carboxylic acids is 4. The van der Waals surface area contributed by atoms with Crippen LogP contribution in [0.1, 0.15) is 27.0 Å². The van der Waals surface area contributed by atoms with Gasteiger partial charge < -0.3 is 29.2 Å². The first-order valence-corrected chi connectivity index (χ1v) is 16.9. The molecule has 2 aliphatic rings. The summed E-state index contributed by atoms with van der Waals surface area (Å²) < 4.78 is 21.9. The molecule has 0 bridgehead atoms. The zero-order valence-corrected chi connectivity index (χ0v) is 28.8. The molecule has 2 aliphatic heterocycles. The number of halogens is 1. The average molecular weight is 725 g/mol. The number of nitrogens with one attached hydrogen (secondary N) is 1. The summed E-state index contributed by atoms with van der Waals surface area (Å²) in [6.45, 7) is -0.587. The van der Waals surface area contributed by atoms with E-state index in [1.807, 2.05) is 17.5 Å². The van der Waals surface area contributed by atoms with E-state index in [1.165, 1.54) is 36.5 Å². The number of Topliss-reactive ketones (excluding diaryl/α,β-unsaturated/α-hetero) is 1. The summed E-state index contributed by atoms with van der Waals surface area (Å²) in [6.07, 6.45) is 0. The van der Waals surface area contributed by atoms with E-state index >= 15 is 0 Å². The Morgan fingerprint density at radius 3 is 2.51 bits per heavy atom. The van der Waals surface area contributed by atoms with Crippen LogP contribution in [0.4, 0.5) is 11.4 Å². The average Bonchev–Trinajstić information content (AvgIpc) is 3.87. The van der Waals surface area contributed by atoms with Crippen LogP contribution < -0.4 is 29.2 Å². The highest BCUT2D eigenvalue weighted by molar-refractivity contribution is 7.09. The molecule has 258 valence electrons. The fourth-order valence-electron chi connectivity index (χ4n) is 5.92. The topological polar surface area (TPSA) is 137 Å². The number of ether oxygens (including phenoxy) is 4. The highest BCUT2D eigenvalue weighted by atomic mass is 35.5. The van der Waals surface area contributed by atoms with Gasteiger partial charge in [-0.25, -0.2) is 4.98 Å². The van der Waals surface area contributed by atoms with Crippen molar-refractivity contribution in [3.8, 4) is 34.3 Å². The lowest BCUT2D eigenvalue weighted by atomic mass is 10.0. The minimum absolute atomic E-state index is 0.0515. The first kappa shape index (κ1) is 33.6. The number of anilines is 2. The second kappa shape index (κ2) is 14.1. The molecule has 3 amide bonds. The van der Waals surface area contributed by atoms with Gasteiger partial charge in [-0.05, 0) is 54.1 Å². The normalized spacial score (nSPS) is 13.5. The van der Waals surface area contributed by atoms with Crippen LogP contribution >= 0.6 is 22.9 Å². The fourth-order valence-corrected chi connectivity index (χ4v) is 6.84. The molecule has 12 nitrogen and oxygen atoms in total. The van der Waals surface area contributed by atoms with Gasteiger partial charge in [-0.3, -0.25) is 24.1 Å². The lowest BCUT2D eigenvalue weighted by Gasteiger charge is -2.32. The third kappa shape index (κ3) is 6.68. The molecule has 4 aromatic carbocycles. The van der Waals surface area contributed by atoms with Crippen molar-refractivity contribution in [1.82, 2.24) is 9.88 Å². The largest absolute Gasteiger partial charge is 0.493 e. The number of benzene rings is 4. The molecule has 0 saturated heterocycles. The van der Waals surface area contributed by atoms with E-state index < -0.39 is 36.1 Å². The molecule has 3 heterocycles. The molecule has 0 aliphatic carbocycles. The van der Waals surface area contributed by atoms with Crippen molar-refractivity contribution in [1.29, 1.82) is 0 Å². The lowest BCUT2D eigenvalue weighted by molar-refractivity contribution is -0.139. The Morgan fingerprint density at radius 1 is 0.961 bits per heavy atom. The molecule has 0 radical (unpaired) electrons. The summed E-state index contributed by atoms with van der Waals surface area (Å²) >= 11 is 7.40. The number of thiazole rings is 1. The van der Waals surface area contributed by atoms with Crippen LogP contribution in [0.5, 0.6) is 23.0 Å². The van der Waals surface area contributed by atoms with Crippen molar-refractivity contribution >= 4 is 57.8 Å². The third-order valence-electron chi connectivity index (χ3n) is 8.41. The maximum atomic E-state index is 14.6. The smallest absolute Gasteiger partial charge is 0.299 e. The number of para-hydroxylation sites is 1. The van der Waals surface area contributed by atoms with Crippen molar-refractivity contribution in [2.24, 2.45) is 0 Å². The fraction of sp³-hybridized carbons (Fsp3) is 0.162. The third-order valence-corrected chi connectivity index (χ3v) is 9.50. The predicted octanol–water partition coefficient (Wildman–Crippen LogP) is 6.15. The number of aromatic nitrogens is 1. The second-order valence-electron chi connectivity index (χ2n) is 11.5. The number of nitrogens with zero attached hydrogens (tertiary/aromatic N) is 3. The van der Waals surface area contributed by atoms with E-state index in [9.17, 15) is 19.2 Å². The van der Waals surface area contributed by atoms with Gasteiger partial charge in [0.25, 0.3) is 17.6 Å². The van der Waals surface area contributed by atoms with Gasteiger partial charge in [0.05, 0.1) is 37.7 Å². The zero-order chi connectivity index (χ0) is 35.6. The quantitative estimate of drug-likeness (QED) is 0.159. The standard InChI is InChI=1S/C37H29ClN4O8S/c1-47-28-13-9-22(15-30(28)48-2)34(36(45)39-24-12-14-29-31(16-24)50-20-49-29)42(17-32-40-26(19-51-32)21-7-10-23(38)11-8-21)33(43)18-41-27-6-4-3-5-25(27)35(44)37(41)46/h3-16,19,34H,17-18,20H2,1-2H3,(H,39,45). The molecule has 5 aromatic rings. The van der Waals surface area contributed by atoms with Gasteiger partial charge in [0.1, 0.15) is 17.6 Å². The number of fused-ring (bicyclic) bond motifs is 2. The first-order valence-electron chi connectivity index (χ1n) is 15.6. The number of amides is 3. The van der Waals surface area contributed by atoms with Crippen LogP contribution in [-0.4, -0.2) is 60.9 Å². The summed E-state index contributed by atoms with van der Waals surface area (Å²) in [5.74, 6) is -1.00. The minimum Gasteiger partial charge on any atom is -0.493 e. The Kier molecular flexibility index (Phi) is 9.30. The van der Waals surface area contributed by atoms with E-state index in [0.29, 0.717) is 55.7 Å². The molecule has 14 heteroatoms. The van der Waals surface area contributed by atoms with Gasteiger partial charge in [-0.2, -0.15) is 0 Å². The number of hydrogen-bond donors (Lipinski definition) is 1. The lowest BCUT2D eigenvalue weighted by Crippen LogP contribution is -2.46. The Hall–Kier alpha value is -5.92. The van der Waals surface area contributed by atoms with E-state index in [4.69, 9.17) is 35.5 Å². The zero-order valence-electron chi connectivity index (χ0n) is 27.3. The van der Waals surface area contributed by atoms with Crippen LogP contribution in [-0.2, 0) is 20.9 Å². The molecular formula is C37H29ClN4O8S. The maximum absolute atomic E-state index is 14.6. The van der Waals surface area contributed by atoms with Gasteiger partial charge in [0.15, 0.2) is 23.0 Å². The highest BCUT2D eigenvalue weighted by Gasteiger charge is 2.40. The van der Waals surface area contributed by atoms with Crippen molar-refractivity contribution in [2.75, 3.05) is 37.8 Å². The first-order chi connectivity index (χ1) is 24.7. The minimum atomic E-state index is -1.28. The van der Waals surface area contributed by atoms with Crippen LogP contribution in [0.15, 0.2) is 90.3 Å². The summed E-state index contributed by atoms with van der Waals surface area (Å²) in [6, 6.07) is 22.2. The van der Waals surface area contributed by atoms with Crippen LogP contribution in [0, 0.1) is 0 Å². The van der Waals surface area contributed by atoms with E-state index in [1.54, 1.807) is 66.7 Å². The highest BCUT2D eigenvalue weighted by Crippen LogP contribution is 2.37. The van der Waals surface area contributed by atoms with E-state index in [0.717, 1.165) is 10.5 Å². The monoisotopic (exact) mass is 724 g/mol. The maximum Gasteiger partial charge on any atom is 0.299 e. The second-order valence-corrected chi connectivity index (χ2v) is 12.8. The van der Waals surface area contributed by atoms with Crippen LogP contribution in [0.2, 0.25) is 5.02 Å². The molecule has 1 atom stereocenters. The molecular weight excluding hydrogens is 696 g/mol. The molecule has 7 rings (SSSR count). The van der Waals surface area contributed by atoms with Crippen molar-refractivity contribution in [2.45, 2.75) is 12.6 Å². The van der Waals surface area contributed by atoms with Gasteiger partial charge in [-0.15, -0.1) is 11.3 Å². The van der Waals surface area contributed by atoms with Crippen molar-refractivity contribution < 1.29 is 38.1 Å². The molecule has 0 spiro atoms. The van der Waals surface area contributed by atoms with E-state index in [-0.39, 0.29) is 18.9 Å². The SMILES string of the molecule is COc1ccc(C(C(=O)Nc2ccc3c(c2)OCO3)N(Cc2nc(-c3ccc(Cl)cc3)cs2)C(=O)CN2C(=O)C(=O)c3ccccc32)cc1OC. The number of ketones is 1. The van der Waals surface area contributed by atoms with Crippen molar-refractivity contribution in [3.63, 3.8) is 0 Å². The summed E-state index contributed by atoms with van der Waals surface area (Å²) in [5.41, 5.74) is 2.77. The van der Waals surface area contributed by atoms with Gasteiger partial charge in [0.2, 0.25) is 12.7 Å². The number of rotatable bonds is 11. The number of hydrogen-bond acceptors (Lipinski definition) is 10. The summed E-state index contributed by atoms with van der Waals surface area (Å²) in [5, 5.41) is 5.85.